The van der Waals surface area contributed by atoms with Crippen LogP contribution in [0.25, 0.3) is 5.43 Å². The van der Waals surface area contributed by atoms with E-state index in [0.29, 0.717) is 0 Å². The first-order valence-electron chi connectivity index (χ1n) is 7.55. The summed E-state index contributed by atoms with van der Waals surface area (Å²) in [4.78, 5) is 10.5. The maximum Gasteiger partial charge on any atom is 1.00 e. The molecule has 1 aliphatic carbocycles. The molecule has 0 unspecified atom stereocenters. The maximum absolute atomic E-state index is 4.55. The molecule has 2 aliphatic heterocycles. The average Bonchev–Trinajstić information content (AvgIpc) is 2.87. The van der Waals surface area contributed by atoms with Crippen LogP contribution in [-0.2, 0) is 29.3 Å². The molecule has 5 nitrogen and oxygen atoms in total. The fraction of sp³-hybridized carbons (Fsp3) is 0.600. The van der Waals surface area contributed by atoms with Crippen molar-refractivity contribution in [1.29, 1.82) is 0 Å². The SMILES string of the molecule is CC(=N[N-]C(=[SH+])N1CC2CCC(CC2)C1)c1cnccn1.[Cu+]. The number of fused-ring (bicyclic) bond motifs is 4. The molecule has 0 amide bonds. The summed E-state index contributed by atoms with van der Waals surface area (Å²) >= 11 is 4.55. The summed E-state index contributed by atoms with van der Waals surface area (Å²) in [7, 11) is 0. The minimum Gasteiger partial charge on any atom is -0.515 e. The molecule has 0 N–H and O–H groups in total. The number of hydrogen-bond donors (Lipinski definition) is 0. The molecule has 1 saturated carbocycles. The second-order valence-corrected chi connectivity index (χ2v) is 6.37. The Morgan fingerprint density at radius 3 is 2.41 bits per heavy atom. The largest absolute Gasteiger partial charge is 1.00 e. The molecular weight excluding hydrogens is 346 g/mol. The summed E-state index contributed by atoms with van der Waals surface area (Å²) in [6.07, 6.45) is 10.4. The summed E-state index contributed by atoms with van der Waals surface area (Å²) in [5.74, 6) is 1.59. The van der Waals surface area contributed by atoms with Gasteiger partial charge in [0.05, 0.1) is 6.20 Å². The van der Waals surface area contributed by atoms with Crippen LogP contribution in [0.15, 0.2) is 23.7 Å². The second-order valence-electron chi connectivity index (χ2n) is 5.97. The topological polar surface area (TPSA) is 55.5 Å². The van der Waals surface area contributed by atoms with Gasteiger partial charge < -0.3 is 10.5 Å². The minimum atomic E-state index is 0. The number of hydrogen-bond acceptors (Lipinski definition) is 3. The molecule has 1 aromatic heterocycles. The van der Waals surface area contributed by atoms with Crippen molar-refractivity contribution in [2.24, 2.45) is 16.9 Å². The van der Waals surface area contributed by atoms with Crippen LogP contribution in [0.2, 0.25) is 0 Å². The quantitative estimate of drug-likeness (QED) is 0.201. The molecule has 2 saturated heterocycles. The summed E-state index contributed by atoms with van der Waals surface area (Å²) in [5, 5.41) is 4.97. The average molecular weight is 367 g/mol. The van der Waals surface area contributed by atoms with Gasteiger partial charge in [0.25, 0.3) is 0 Å². The van der Waals surface area contributed by atoms with E-state index in [-0.39, 0.29) is 17.1 Å². The van der Waals surface area contributed by atoms with Crippen molar-refractivity contribution in [2.75, 3.05) is 13.1 Å². The van der Waals surface area contributed by atoms with E-state index >= 15 is 0 Å². The van der Waals surface area contributed by atoms with E-state index in [9.17, 15) is 0 Å². The van der Waals surface area contributed by atoms with E-state index in [0.717, 1.165) is 41.4 Å². The van der Waals surface area contributed by atoms with Crippen molar-refractivity contribution in [3.05, 3.63) is 29.7 Å². The smallest absolute Gasteiger partial charge is 0.515 e. The zero-order valence-corrected chi connectivity index (χ0v) is 14.5. The number of aromatic nitrogens is 2. The first-order chi connectivity index (χ1) is 10.2. The normalized spacial score (nSPS) is 25.2. The van der Waals surface area contributed by atoms with Crippen LogP contribution in [0, 0.1) is 11.8 Å². The second kappa shape index (κ2) is 8.11. The Bertz CT molecular complexity index is 514. The Morgan fingerprint density at radius 2 is 1.86 bits per heavy atom. The van der Waals surface area contributed by atoms with Crippen LogP contribution in [-0.4, -0.2) is 38.8 Å². The van der Waals surface area contributed by atoms with Crippen LogP contribution in [0.4, 0.5) is 0 Å². The van der Waals surface area contributed by atoms with Gasteiger partial charge >= 0.3 is 17.1 Å². The monoisotopic (exact) mass is 366 g/mol. The van der Waals surface area contributed by atoms with E-state index in [4.69, 9.17) is 0 Å². The Labute approximate surface area is 147 Å². The molecule has 2 bridgehead atoms. The Balaban J connectivity index is 0.00000176. The maximum atomic E-state index is 4.55. The molecule has 0 aromatic carbocycles. The predicted octanol–water partition coefficient (Wildman–Crippen LogP) is 2.06. The third-order valence-electron chi connectivity index (χ3n) is 4.43. The van der Waals surface area contributed by atoms with Crippen LogP contribution in [0.5, 0.6) is 0 Å². The Hall–Kier alpha value is -0.881. The summed E-state index contributed by atoms with van der Waals surface area (Å²) < 4.78 is 0. The molecule has 22 heavy (non-hydrogen) atoms. The van der Waals surface area contributed by atoms with Gasteiger partial charge in [0, 0.05) is 31.2 Å². The van der Waals surface area contributed by atoms with Gasteiger partial charge in [-0.05, 0) is 44.4 Å². The van der Waals surface area contributed by atoms with Crippen molar-refractivity contribution in [2.45, 2.75) is 32.6 Å². The molecule has 3 aliphatic rings. The van der Waals surface area contributed by atoms with E-state index in [2.05, 4.69) is 37.6 Å². The van der Waals surface area contributed by atoms with Gasteiger partial charge in [-0.1, -0.05) is 0 Å². The van der Waals surface area contributed by atoms with Gasteiger partial charge in [0.15, 0.2) is 17.3 Å². The molecule has 0 spiro atoms. The first kappa shape index (κ1) is 17.5. The molecule has 7 heteroatoms. The van der Waals surface area contributed by atoms with Crippen molar-refractivity contribution in [3.8, 4) is 0 Å². The minimum absolute atomic E-state index is 0. The molecule has 3 heterocycles. The summed E-state index contributed by atoms with van der Waals surface area (Å²) in [6, 6.07) is 0. The molecular formula is C15H21CuN5S+. The first-order valence-corrected chi connectivity index (χ1v) is 7.99. The Kier molecular flexibility index (Phi) is 6.44. The number of nitrogens with zero attached hydrogens (tertiary/aromatic N) is 5. The molecule has 0 radical (unpaired) electrons. The third kappa shape index (κ3) is 4.32. The zero-order valence-electron chi connectivity index (χ0n) is 12.6. The van der Waals surface area contributed by atoms with E-state index in [1.165, 1.54) is 25.7 Å². The number of thiol groups is 1. The fourth-order valence-corrected chi connectivity index (χ4v) is 3.39. The van der Waals surface area contributed by atoms with Gasteiger partial charge in [0.2, 0.25) is 0 Å². The van der Waals surface area contributed by atoms with Crippen LogP contribution < -0.4 is 0 Å². The standard InChI is InChI=1S/C15H21N5S.Cu/c1-11(14-8-16-6-7-17-14)18-19-15(21)20-9-12-2-3-13(10-20)5-4-12;/h6-8,12-13H,2-5,9-10H2,1H3,(H,17,19,21);/q;+1. The van der Waals surface area contributed by atoms with E-state index in [1.54, 1.807) is 18.6 Å². The van der Waals surface area contributed by atoms with Crippen LogP contribution in [0.1, 0.15) is 38.3 Å². The summed E-state index contributed by atoms with van der Waals surface area (Å²) in [5.41, 5.74) is 5.79. The molecule has 122 valence electrons. The van der Waals surface area contributed by atoms with Gasteiger partial charge in [0.1, 0.15) is 5.69 Å². The Morgan fingerprint density at radius 1 is 1.23 bits per heavy atom. The molecule has 4 rings (SSSR count). The predicted molar refractivity (Wildman–Crippen MR) is 88.4 cm³/mol. The van der Waals surface area contributed by atoms with Crippen LogP contribution in [0.3, 0.4) is 0 Å². The van der Waals surface area contributed by atoms with E-state index in [1.807, 2.05) is 6.92 Å². The van der Waals surface area contributed by atoms with E-state index < -0.39 is 0 Å². The van der Waals surface area contributed by atoms with Gasteiger partial charge in [-0.2, -0.15) is 0 Å². The van der Waals surface area contributed by atoms with Crippen molar-refractivity contribution in [3.63, 3.8) is 0 Å². The van der Waals surface area contributed by atoms with Gasteiger partial charge in [-0.15, -0.1) is 0 Å². The van der Waals surface area contributed by atoms with Gasteiger partial charge in [-0.3, -0.25) is 9.97 Å². The third-order valence-corrected chi connectivity index (χ3v) is 4.80. The fourth-order valence-electron chi connectivity index (χ4n) is 3.18. The van der Waals surface area contributed by atoms with Crippen LogP contribution >= 0.6 is 0 Å². The summed E-state index contributed by atoms with van der Waals surface area (Å²) in [6.45, 7) is 4.03. The zero-order chi connectivity index (χ0) is 14.7. The number of rotatable bonds is 2. The van der Waals surface area contributed by atoms with Gasteiger partial charge in [-0.25, -0.2) is 4.90 Å². The molecule has 3 fully saturated rings. The molecule has 1 aromatic rings. The van der Waals surface area contributed by atoms with Crippen molar-refractivity contribution >= 4 is 23.0 Å². The molecule has 0 atom stereocenters. The van der Waals surface area contributed by atoms with Crippen molar-refractivity contribution in [1.82, 2.24) is 14.9 Å². The van der Waals surface area contributed by atoms with Crippen molar-refractivity contribution < 1.29 is 17.1 Å².